The van der Waals surface area contributed by atoms with Crippen molar-refractivity contribution in [1.82, 2.24) is 9.55 Å². The highest BCUT2D eigenvalue weighted by atomic mass is 35.5. The van der Waals surface area contributed by atoms with Gasteiger partial charge in [-0.1, -0.05) is 17.7 Å². The van der Waals surface area contributed by atoms with E-state index in [1.54, 1.807) is 55.7 Å². The zero-order chi connectivity index (χ0) is 20.5. The summed E-state index contributed by atoms with van der Waals surface area (Å²) in [6.45, 7) is 5.53. The number of carbonyl (C=O) groups is 1. The SMILES string of the molecule is CCOC(=O)Cn1c(C)nc2cc(NS(=O)(=O)c3cccc(Cl)c3C)ccc21. The average molecular weight is 422 g/mol. The minimum atomic E-state index is -3.81. The molecule has 0 bridgehead atoms. The Kier molecular flexibility index (Phi) is 5.62. The van der Waals surface area contributed by atoms with Crippen LogP contribution in [0, 0.1) is 13.8 Å². The molecule has 0 unspecified atom stereocenters. The van der Waals surface area contributed by atoms with Crippen LogP contribution in [-0.4, -0.2) is 30.5 Å². The molecule has 3 rings (SSSR count). The zero-order valence-corrected chi connectivity index (χ0v) is 17.3. The highest BCUT2D eigenvalue weighted by Crippen LogP contribution is 2.26. The Morgan fingerprint density at radius 3 is 2.71 bits per heavy atom. The molecule has 1 aromatic heterocycles. The van der Waals surface area contributed by atoms with Gasteiger partial charge in [-0.15, -0.1) is 0 Å². The normalized spacial score (nSPS) is 11.6. The zero-order valence-electron chi connectivity index (χ0n) is 15.7. The van der Waals surface area contributed by atoms with Crippen LogP contribution < -0.4 is 4.72 Å². The van der Waals surface area contributed by atoms with E-state index in [4.69, 9.17) is 16.3 Å². The number of esters is 1. The molecule has 1 heterocycles. The summed E-state index contributed by atoms with van der Waals surface area (Å²) in [5.41, 5.74) is 2.14. The van der Waals surface area contributed by atoms with Crippen LogP contribution in [0.5, 0.6) is 0 Å². The van der Waals surface area contributed by atoms with Crippen LogP contribution in [0.15, 0.2) is 41.3 Å². The van der Waals surface area contributed by atoms with Gasteiger partial charge in [0.05, 0.1) is 28.2 Å². The predicted octanol–water partition coefficient (Wildman–Crippen LogP) is 3.67. The molecule has 0 aliphatic carbocycles. The summed E-state index contributed by atoms with van der Waals surface area (Å²) in [5.74, 6) is 0.278. The molecule has 0 radical (unpaired) electrons. The van der Waals surface area contributed by atoms with E-state index in [9.17, 15) is 13.2 Å². The lowest BCUT2D eigenvalue weighted by Gasteiger charge is -2.11. The van der Waals surface area contributed by atoms with E-state index in [1.807, 2.05) is 0 Å². The minimum Gasteiger partial charge on any atom is -0.465 e. The van der Waals surface area contributed by atoms with Gasteiger partial charge in [-0.3, -0.25) is 9.52 Å². The third-order valence-electron chi connectivity index (χ3n) is 4.29. The number of imidazole rings is 1. The van der Waals surface area contributed by atoms with Crippen molar-refractivity contribution in [3.8, 4) is 0 Å². The lowest BCUT2D eigenvalue weighted by atomic mass is 10.2. The largest absolute Gasteiger partial charge is 0.465 e. The van der Waals surface area contributed by atoms with Crippen molar-refractivity contribution in [2.24, 2.45) is 0 Å². The second-order valence-corrected chi connectivity index (χ2v) is 8.28. The highest BCUT2D eigenvalue weighted by molar-refractivity contribution is 7.92. The minimum absolute atomic E-state index is 0.0446. The lowest BCUT2D eigenvalue weighted by Crippen LogP contribution is -2.15. The average Bonchev–Trinajstić information content (AvgIpc) is 2.91. The maximum absolute atomic E-state index is 12.7. The first-order valence-corrected chi connectivity index (χ1v) is 10.5. The van der Waals surface area contributed by atoms with Gasteiger partial charge < -0.3 is 9.30 Å². The summed E-state index contributed by atoms with van der Waals surface area (Å²) < 4.78 is 34.8. The van der Waals surface area contributed by atoms with Crippen molar-refractivity contribution >= 4 is 44.3 Å². The Balaban J connectivity index is 1.93. The van der Waals surface area contributed by atoms with E-state index < -0.39 is 10.0 Å². The molecule has 2 aromatic carbocycles. The van der Waals surface area contributed by atoms with E-state index >= 15 is 0 Å². The van der Waals surface area contributed by atoms with Crippen molar-refractivity contribution in [3.05, 3.63) is 52.8 Å². The Hall–Kier alpha value is -2.58. The number of rotatable bonds is 6. The summed E-state index contributed by atoms with van der Waals surface area (Å²) in [5, 5.41) is 0.381. The van der Waals surface area contributed by atoms with Crippen LogP contribution in [0.3, 0.4) is 0 Å². The maximum atomic E-state index is 12.7. The Morgan fingerprint density at radius 2 is 2.00 bits per heavy atom. The van der Waals surface area contributed by atoms with Crippen molar-refractivity contribution < 1.29 is 17.9 Å². The summed E-state index contributed by atoms with van der Waals surface area (Å²) in [4.78, 5) is 16.3. The number of benzene rings is 2. The first kappa shape index (κ1) is 20.2. The van der Waals surface area contributed by atoms with Gasteiger partial charge in [0.15, 0.2) is 0 Å². The maximum Gasteiger partial charge on any atom is 0.326 e. The van der Waals surface area contributed by atoms with Gasteiger partial charge in [0, 0.05) is 5.02 Å². The number of carbonyl (C=O) groups excluding carboxylic acids is 1. The van der Waals surface area contributed by atoms with Crippen LogP contribution in [-0.2, 0) is 26.1 Å². The van der Waals surface area contributed by atoms with E-state index in [0.29, 0.717) is 39.7 Å². The van der Waals surface area contributed by atoms with Gasteiger partial charge in [0.2, 0.25) is 0 Å². The Labute approximate surface area is 168 Å². The third-order valence-corrected chi connectivity index (χ3v) is 6.23. The molecule has 28 heavy (non-hydrogen) atoms. The van der Waals surface area contributed by atoms with E-state index in [-0.39, 0.29) is 17.4 Å². The van der Waals surface area contributed by atoms with Crippen LogP contribution >= 0.6 is 11.6 Å². The van der Waals surface area contributed by atoms with Gasteiger partial charge in [0.1, 0.15) is 12.4 Å². The molecule has 0 aliphatic rings. The highest BCUT2D eigenvalue weighted by Gasteiger charge is 2.19. The molecule has 1 N–H and O–H groups in total. The monoisotopic (exact) mass is 421 g/mol. The molecular weight excluding hydrogens is 402 g/mol. The summed E-state index contributed by atoms with van der Waals surface area (Å²) in [6.07, 6.45) is 0. The quantitative estimate of drug-likeness (QED) is 0.613. The third kappa shape index (κ3) is 3.98. The fourth-order valence-electron chi connectivity index (χ4n) is 2.94. The molecule has 0 atom stereocenters. The van der Waals surface area contributed by atoms with Gasteiger partial charge in [-0.2, -0.15) is 0 Å². The van der Waals surface area contributed by atoms with Gasteiger partial charge in [-0.25, -0.2) is 13.4 Å². The van der Waals surface area contributed by atoms with Crippen LogP contribution in [0.4, 0.5) is 5.69 Å². The number of hydrogen-bond acceptors (Lipinski definition) is 5. The number of nitrogens with one attached hydrogen (secondary N) is 1. The molecule has 0 saturated carbocycles. The van der Waals surface area contributed by atoms with Crippen molar-refractivity contribution in [2.75, 3.05) is 11.3 Å². The molecular formula is C19H20ClN3O4S. The predicted molar refractivity (Wildman–Crippen MR) is 108 cm³/mol. The standard InChI is InChI=1S/C19H20ClN3O4S/c1-4-27-19(24)11-23-13(3)21-16-10-14(8-9-17(16)23)22-28(25,26)18-7-5-6-15(20)12(18)2/h5-10,22H,4,11H2,1-3H3. The topological polar surface area (TPSA) is 90.3 Å². The van der Waals surface area contributed by atoms with Crippen molar-refractivity contribution in [1.29, 1.82) is 0 Å². The van der Waals surface area contributed by atoms with E-state index in [1.165, 1.54) is 6.07 Å². The van der Waals surface area contributed by atoms with E-state index in [2.05, 4.69) is 9.71 Å². The molecule has 0 amide bonds. The smallest absolute Gasteiger partial charge is 0.326 e. The Morgan fingerprint density at radius 1 is 1.25 bits per heavy atom. The van der Waals surface area contributed by atoms with Gasteiger partial charge in [-0.05, 0) is 56.7 Å². The van der Waals surface area contributed by atoms with E-state index in [0.717, 1.165) is 0 Å². The second kappa shape index (κ2) is 7.81. The number of nitrogens with zero attached hydrogens (tertiary/aromatic N) is 2. The lowest BCUT2D eigenvalue weighted by molar-refractivity contribution is -0.143. The number of fused-ring (bicyclic) bond motifs is 1. The number of aromatic nitrogens is 2. The fourth-order valence-corrected chi connectivity index (χ4v) is 4.49. The first-order chi connectivity index (χ1) is 13.2. The number of sulfonamides is 1. The molecule has 3 aromatic rings. The van der Waals surface area contributed by atoms with Gasteiger partial charge >= 0.3 is 5.97 Å². The molecule has 0 aliphatic heterocycles. The summed E-state index contributed by atoms with van der Waals surface area (Å²) in [6, 6.07) is 9.70. The molecule has 0 fully saturated rings. The number of ether oxygens (including phenoxy) is 1. The second-order valence-electron chi connectivity index (χ2n) is 6.22. The van der Waals surface area contributed by atoms with Gasteiger partial charge in [0.25, 0.3) is 10.0 Å². The first-order valence-electron chi connectivity index (χ1n) is 8.63. The van der Waals surface area contributed by atoms with Crippen LogP contribution in [0.2, 0.25) is 5.02 Å². The Bertz CT molecular complexity index is 1160. The number of hydrogen-bond donors (Lipinski definition) is 1. The number of aryl methyl sites for hydroxylation is 1. The summed E-state index contributed by atoms with van der Waals surface area (Å²) in [7, 11) is -3.81. The van der Waals surface area contributed by atoms with Crippen LogP contribution in [0.1, 0.15) is 18.3 Å². The molecule has 7 nitrogen and oxygen atoms in total. The molecule has 0 saturated heterocycles. The summed E-state index contributed by atoms with van der Waals surface area (Å²) >= 11 is 6.04. The van der Waals surface area contributed by atoms with Crippen molar-refractivity contribution in [2.45, 2.75) is 32.2 Å². The van der Waals surface area contributed by atoms with Crippen LogP contribution in [0.25, 0.3) is 11.0 Å². The number of halogens is 1. The van der Waals surface area contributed by atoms with Crippen molar-refractivity contribution in [3.63, 3.8) is 0 Å². The molecule has 0 spiro atoms. The number of anilines is 1. The molecule has 148 valence electrons. The fraction of sp³-hybridized carbons (Fsp3) is 0.263. The molecule has 9 heteroatoms.